The molecule has 2 aromatic rings. The van der Waals surface area contributed by atoms with Gasteiger partial charge in [-0.3, -0.25) is 4.79 Å². The lowest BCUT2D eigenvalue weighted by atomic mass is 10.2. The summed E-state index contributed by atoms with van der Waals surface area (Å²) >= 11 is 0. The topological polar surface area (TPSA) is 96.2 Å². The highest BCUT2D eigenvalue weighted by molar-refractivity contribution is 5.75. The number of carboxylic acids is 1. The molecule has 7 heteroatoms. The smallest absolute Gasteiger partial charge is 0.315 e. The third kappa shape index (κ3) is 3.88. The number of carbonyl (C=O) groups excluding carboxylic acids is 1. The molecule has 0 aliphatic heterocycles. The van der Waals surface area contributed by atoms with E-state index >= 15 is 0 Å². The van der Waals surface area contributed by atoms with Crippen molar-refractivity contribution < 1.29 is 14.7 Å². The molecule has 0 bridgehead atoms. The van der Waals surface area contributed by atoms with Crippen LogP contribution in [0, 0.1) is 0 Å². The minimum absolute atomic E-state index is 0.0771. The number of carboxylic acid groups (broad SMARTS) is 1. The molecule has 0 saturated heterocycles. The van der Waals surface area contributed by atoms with Crippen LogP contribution in [0.1, 0.15) is 24.3 Å². The number of aliphatic carboxylic acids is 1. The molecule has 1 saturated carbocycles. The van der Waals surface area contributed by atoms with Crippen LogP contribution in [0.5, 0.6) is 0 Å². The van der Waals surface area contributed by atoms with E-state index in [1.54, 1.807) is 0 Å². The maximum absolute atomic E-state index is 11.6. The Balaban J connectivity index is 1.50. The second-order valence-corrected chi connectivity index (χ2v) is 5.55. The fraction of sp³-hybridized carbons (Fsp3) is 0.312. The largest absolute Gasteiger partial charge is 0.481 e. The SMILES string of the molecule is O=C(O)CCNC(=O)N[C@@H]1C[C@H]1c1cnn(-c2ccccc2)c1. The van der Waals surface area contributed by atoms with Crippen molar-refractivity contribution in [1.82, 2.24) is 20.4 Å². The Hall–Kier alpha value is -2.83. The number of amides is 2. The van der Waals surface area contributed by atoms with E-state index in [9.17, 15) is 9.59 Å². The molecule has 120 valence electrons. The van der Waals surface area contributed by atoms with E-state index in [1.165, 1.54) is 0 Å². The van der Waals surface area contributed by atoms with Crippen molar-refractivity contribution in [3.8, 4) is 5.69 Å². The summed E-state index contributed by atoms with van der Waals surface area (Å²) in [6.45, 7) is 0.129. The molecule has 2 atom stereocenters. The zero-order valence-electron chi connectivity index (χ0n) is 12.5. The maximum Gasteiger partial charge on any atom is 0.315 e. The Morgan fingerprint density at radius 3 is 2.83 bits per heavy atom. The summed E-state index contributed by atoms with van der Waals surface area (Å²) in [5.41, 5.74) is 2.08. The van der Waals surface area contributed by atoms with Crippen molar-refractivity contribution in [3.05, 3.63) is 48.3 Å². The van der Waals surface area contributed by atoms with Crippen LogP contribution in [0.25, 0.3) is 5.69 Å². The molecule has 0 radical (unpaired) electrons. The molecule has 1 heterocycles. The molecular formula is C16H18N4O3. The zero-order chi connectivity index (χ0) is 16.2. The molecule has 0 unspecified atom stereocenters. The summed E-state index contributed by atoms with van der Waals surface area (Å²) < 4.78 is 1.82. The highest BCUT2D eigenvalue weighted by atomic mass is 16.4. The minimum atomic E-state index is -0.928. The Kier molecular flexibility index (Phi) is 4.27. The molecule has 23 heavy (non-hydrogen) atoms. The number of hydrogen-bond donors (Lipinski definition) is 3. The van der Waals surface area contributed by atoms with Crippen molar-refractivity contribution in [3.63, 3.8) is 0 Å². The third-order valence-electron chi connectivity index (χ3n) is 3.78. The number of benzene rings is 1. The molecular weight excluding hydrogens is 296 g/mol. The van der Waals surface area contributed by atoms with Crippen molar-refractivity contribution in [2.24, 2.45) is 0 Å². The number of carbonyl (C=O) groups is 2. The Morgan fingerprint density at radius 2 is 2.09 bits per heavy atom. The first kappa shape index (κ1) is 15.1. The normalized spacial score (nSPS) is 19.1. The number of hydrogen-bond acceptors (Lipinski definition) is 3. The lowest BCUT2D eigenvalue weighted by Crippen LogP contribution is -2.38. The van der Waals surface area contributed by atoms with Crippen LogP contribution < -0.4 is 10.6 Å². The standard InChI is InChI=1S/C16H18N4O3/c21-15(22)6-7-17-16(23)19-14-8-13(14)11-9-18-20(10-11)12-4-2-1-3-5-12/h1-5,9-10,13-14H,6-8H2,(H,21,22)(H2,17,19,23)/t13-,14+/m0/s1. The predicted molar refractivity (Wildman–Crippen MR) is 83.5 cm³/mol. The average molecular weight is 314 g/mol. The number of para-hydroxylation sites is 1. The van der Waals surface area contributed by atoms with Gasteiger partial charge in [0.05, 0.1) is 18.3 Å². The summed E-state index contributed by atoms with van der Waals surface area (Å²) in [6.07, 6.45) is 4.59. The Bertz CT molecular complexity index is 698. The summed E-state index contributed by atoms with van der Waals surface area (Å²) in [7, 11) is 0. The Morgan fingerprint density at radius 1 is 1.30 bits per heavy atom. The zero-order valence-corrected chi connectivity index (χ0v) is 12.5. The highest BCUT2D eigenvalue weighted by Gasteiger charge is 2.40. The second-order valence-electron chi connectivity index (χ2n) is 5.55. The van der Waals surface area contributed by atoms with E-state index in [0.29, 0.717) is 0 Å². The Labute approximate surface area is 133 Å². The van der Waals surface area contributed by atoms with E-state index in [4.69, 9.17) is 5.11 Å². The van der Waals surface area contributed by atoms with Crippen LogP contribution in [0.15, 0.2) is 42.7 Å². The van der Waals surface area contributed by atoms with Crippen molar-refractivity contribution in [2.75, 3.05) is 6.54 Å². The monoisotopic (exact) mass is 314 g/mol. The van der Waals surface area contributed by atoms with Crippen LogP contribution in [0.4, 0.5) is 4.79 Å². The summed E-state index contributed by atoms with van der Waals surface area (Å²) in [5, 5.41) is 18.3. The van der Waals surface area contributed by atoms with E-state index in [2.05, 4.69) is 15.7 Å². The first-order valence-corrected chi connectivity index (χ1v) is 7.49. The first-order chi connectivity index (χ1) is 11.1. The third-order valence-corrected chi connectivity index (χ3v) is 3.78. The lowest BCUT2D eigenvalue weighted by molar-refractivity contribution is -0.136. The number of rotatable bonds is 6. The van der Waals surface area contributed by atoms with Gasteiger partial charge in [0.25, 0.3) is 0 Å². The van der Waals surface area contributed by atoms with Crippen molar-refractivity contribution in [1.29, 1.82) is 0 Å². The first-order valence-electron chi connectivity index (χ1n) is 7.49. The molecule has 1 fully saturated rings. The average Bonchev–Trinajstić information content (AvgIpc) is 3.11. The summed E-state index contributed by atoms with van der Waals surface area (Å²) in [4.78, 5) is 22.0. The molecule has 1 aliphatic rings. The van der Waals surface area contributed by atoms with Gasteiger partial charge in [-0.15, -0.1) is 0 Å². The van der Waals surface area contributed by atoms with Gasteiger partial charge in [0, 0.05) is 24.7 Å². The van der Waals surface area contributed by atoms with Gasteiger partial charge in [0.1, 0.15) is 0 Å². The van der Waals surface area contributed by atoms with E-state index < -0.39 is 5.97 Å². The molecule has 0 spiro atoms. The molecule has 7 nitrogen and oxygen atoms in total. The highest BCUT2D eigenvalue weighted by Crippen LogP contribution is 2.40. The second kappa shape index (κ2) is 6.51. The van der Waals surface area contributed by atoms with Crippen LogP contribution >= 0.6 is 0 Å². The molecule has 2 amide bonds. The van der Waals surface area contributed by atoms with Gasteiger partial charge in [-0.05, 0) is 24.1 Å². The number of urea groups is 1. The van der Waals surface area contributed by atoms with Gasteiger partial charge in [0.2, 0.25) is 0 Å². The maximum atomic E-state index is 11.6. The van der Waals surface area contributed by atoms with Crippen LogP contribution in [-0.4, -0.2) is 39.5 Å². The summed E-state index contributed by atoms with van der Waals surface area (Å²) in [5.74, 6) is -0.666. The number of nitrogens with zero attached hydrogens (tertiary/aromatic N) is 2. The molecule has 1 aromatic carbocycles. The number of nitrogens with one attached hydrogen (secondary N) is 2. The van der Waals surface area contributed by atoms with Gasteiger partial charge >= 0.3 is 12.0 Å². The van der Waals surface area contributed by atoms with Gasteiger partial charge in [0.15, 0.2) is 0 Å². The predicted octanol–water partition coefficient (Wildman–Crippen LogP) is 1.50. The fourth-order valence-electron chi connectivity index (χ4n) is 2.48. The van der Waals surface area contributed by atoms with Crippen molar-refractivity contribution >= 4 is 12.0 Å². The van der Waals surface area contributed by atoms with E-state index in [0.717, 1.165) is 17.7 Å². The molecule has 3 N–H and O–H groups in total. The van der Waals surface area contributed by atoms with Crippen LogP contribution in [-0.2, 0) is 4.79 Å². The van der Waals surface area contributed by atoms with Gasteiger partial charge in [-0.2, -0.15) is 5.10 Å². The number of aromatic nitrogens is 2. The summed E-state index contributed by atoms with van der Waals surface area (Å²) in [6, 6.07) is 9.59. The van der Waals surface area contributed by atoms with E-state index in [-0.39, 0.29) is 31.0 Å². The minimum Gasteiger partial charge on any atom is -0.481 e. The van der Waals surface area contributed by atoms with Gasteiger partial charge < -0.3 is 15.7 Å². The van der Waals surface area contributed by atoms with Crippen LogP contribution in [0.2, 0.25) is 0 Å². The molecule has 1 aromatic heterocycles. The van der Waals surface area contributed by atoms with Gasteiger partial charge in [-0.25, -0.2) is 9.48 Å². The van der Waals surface area contributed by atoms with E-state index in [1.807, 2.05) is 47.4 Å². The van der Waals surface area contributed by atoms with Crippen molar-refractivity contribution in [2.45, 2.75) is 24.8 Å². The van der Waals surface area contributed by atoms with Crippen LogP contribution in [0.3, 0.4) is 0 Å². The quantitative estimate of drug-likeness (QED) is 0.753. The van der Waals surface area contributed by atoms with Gasteiger partial charge in [-0.1, -0.05) is 18.2 Å². The molecule has 1 aliphatic carbocycles. The molecule has 3 rings (SSSR count). The lowest BCUT2D eigenvalue weighted by Gasteiger charge is -2.05. The fourth-order valence-corrected chi connectivity index (χ4v) is 2.48.